The Kier molecular flexibility index (Phi) is 6.80. The van der Waals surface area contributed by atoms with E-state index in [9.17, 15) is 21.6 Å². The van der Waals surface area contributed by atoms with Crippen LogP contribution in [-0.4, -0.2) is 63.1 Å². The van der Waals surface area contributed by atoms with E-state index in [0.717, 1.165) is 17.6 Å². The molecule has 0 bridgehead atoms. The van der Waals surface area contributed by atoms with Gasteiger partial charge in [-0.25, -0.2) is 21.8 Å². The van der Waals surface area contributed by atoms with Crippen LogP contribution < -0.4 is 14.9 Å². The van der Waals surface area contributed by atoms with Crippen LogP contribution in [0.5, 0.6) is 0 Å². The van der Waals surface area contributed by atoms with Gasteiger partial charge in [-0.2, -0.15) is 0 Å². The van der Waals surface area contributed by atoms with Gasteiger partial charge >= 0.3 is 0 Å². The maximum Gasteiger partial charge on any atom is 0.257 e. The zero-order valence-electron chi connectivity index (χ0n) is 19.0. The van der Waals surface area contributed by atoms with E-state index >= 15 is 0 Å². The van der Waals surface area contributed by atoms with Crippen LogP contribution in [0.2, 0.25) is 5.02 Å². The molecule has 3 aromatic rings. The molecule has 1 amide bonds. The number of sulfonamides is 1. The molecule has 1 aromatic carbocycles. The summed E-state index contributed by atoms with van der Waals surface area (Å²) in [6, 6.07) is 9.83. The number of pyridine rings is 1. The lowest BCUT2D eigenvalue weighted by molar-refractivity contribution is 0.102. The molecule has 0 spiro atoms. The molecular formula is C22H24ClN5O5S2. The van der Waals surface area contributed by atoms with Gasteiger partial charge in [0.15, 0.2) is 9.84 Å². The fourth-order valence-corrected chi connectivity index (χ4v) is 5.74. The Balaban J connectivity index is 1.49. The van der Waals surface area contributed by atoms with Gasteiger partial charge in [0.1, 0.15) is 5.82 Å². The number of nitrogens with one attached hydrogen (secondary N) is 2. The minimum atomic E-state index is -3.50. The molecule has 1 saturated heterocycles. The number of benzene rings is 1. The zero-order valence-corrected chi connectivity index (χ0v) is 21.4. The van der Waals surface area contributed by atoms with Gasteiger partial charge in [0.2, 0.25) is 10.0 Å². The minimum absolute atomic E-state index is 0.127. The van der Waals surface area contributed by atoms with Crippen molar-refractivity contribution in [2.45, 2.75) is 6.92 Å². The molecule has 4 rings (SSSR count). The lowest BCUT2D eigenvalue weighted by Crippen LogP contribution is -2.40. The first-order valence-corrected chi connectivity index (χ1v) is 14.7. The van der Waals surface area contributed by atoms with E-state index in [1.165, 1.54) is 18.2 Å². The first kappa shape index (κ1) is 25.0. The maximum atomic E-state index is 12.8. The molecule has 0 unspecified atom stereocenters. The van der Waals surface area contributed by atoms with E-state index < -0.39 is 25.8 Å². The number of aromatic nitrogens is 2. The van der Waals surface area contributed by atoms with E-state index in [1.807, 2.05) is 24.0 Å². The zero-order chi connectivity index (χ0) is 25.4. The number of aryl methyl sites for hydroxylation is 1. The number of amides is 1. The lowest BCUT2D eigenvalue weighted by atomic mass is 10.2. The Morgan fingerprint density at radius 3 is 2.40 bits per heavy atom. The fraction of sp³-hybridized carbons (Fsp3) is 0.273. The molecule has 2 aromatic heterocycles. The number of carbonyl (C=O) groups excluding carboxylic acids is 1. The number of hydrogen-bond acceptors (Lipinski definition) is 7. The number of nitrogens with zero attached hydrogens (tertiary/aromatic N) is 3. The molecule has 1 aliphatic rings. The van der Waals surface area contributed by atoms with Gasteiger partial charge in [-0.1, -0.05) is 11.6 Å². The van der Waals surface area contributed by atoms with Gasteiger partial charge in [-0.05, 0) is 43.3 Å². The summed E-state index contributed by atoms with van der Waals surface area (Å²) in [6.45, 7) is 2.71. The Morgan fingerprint density at radius 2 is 1.77 bits per heavy atom. The second-order valence-corrected chi connectivity index (χ2v) is 12.8. The highest BCUT2D eigenvalue weighted by Crippen LogP contribution is 2.25. The molecule has 0 aliphatic carbocycles. The summed E-state index contributed by atoms with van der Waals surface area (Å²) in [5, 5.41) is 2.99. The van der Waals surface area contributed by atoms with Gasteiger partial charge < -0.3 is 14.8 Å². The SMILES string of the molecule is Cc1cc(C(=O)Nc2cc(Cl)cc(NS(C)(=O)=O)c2)cn1-c1ccc(N2CCS(=O)(=O)CC2)cn1. The third-order valence-electron chi connectivity index (χ3n) is 5.42. The Hall–Kier alpha value is -3.09. The molecule has 3 heterocycles. The molecule has 0 radical (unpaired) electrons. The molecule has 1 aliphatic heterocycles. The van der Waals surface area contributed by atoms with Gasteiger partial charge in [-0.15, -0.1) is 0 Å². The standard InChI is InChI=1S/C22H24ClN5O5S2/c1-15-9-16(22(29)25-18-10-17(23)11-19(12-18)26-34(2,30)31)14-28(15)21-4-3-20(13-24-21)27-5-7-35(32,33)8-6-27/h3-4,9-14,26H,5-8H2,1-2H3,(H,25,29). The first-order valence-electron chi connectivity index (χ1n) is 10.6. The molecule has 13 heteroatoms. The molecule has 10 nitrogen and oxygen atoms in total. The van der Waals surface area contributed by atoms with Crippen molar-refractivity contribution in [2.24, 2.45) is 0 Å². The topological polar surface area (TPSA) is 130 Å². The summed E-state index contributed by atoms with van der Waals surface area (Å²) >= 11 is 6.07. The van der Waals surface area contributed by atoms with Crippen molar-refractivity contribution in [2.75, 3.05) is 45.8 Å². The van der Waals surface area contributed by atoms with Crippen molar-refractivity contribution in [3.8, 4) is 5.82 Å². The van der Waals surface area contributed by atoms with Crippen LogP contribution in [0.15, 0.2) is 48.8 Å². The molecule has 35 heavy (non-hydrogen) atoms. The monoisotopic (exact) mass is 537 g/mol. The van der Waals surface area contributed by atoms with Crippen LogP contribution in [0.1, 0.15) is 16.1 Å². The molecule has 2 N–H and O–H groups in total. The second-order valence-electron chi connectivity index (χ2n) is 8.31. The van der Waals surface area contributed by atoms with Crippen LogP contribution in [0.25, 0.3) is 5.82 Å². The van der Waals surface area contributed by atoms with Crippen LogP contribution in [0.4, 0.5) is 17.1 Å². The van der Waals surface area contributed by atoms with Crippen LogP contribution in [-0.2, 0) is 19.9 Å². The van der Waals surface area contributed by atoms with Gasteiger partial charge in [0.25, 0.3) is 5.91 Å². The number of hydrogen-bond donors (Lipinski definition) is 2. The molecular weight excluding hydrogens is 514 g/mol. The normalized spacial score (nSPS) is 15.6. The fourth-order valence-electron chi connectivity index (χ4n) is 3.76. The van der Waals surface area contributed by atoms with Crippen molar-refractivity contribution in [3.05, 3.63) is 65.1 Å². The first-order chi connectivity index (χ1) is 16.4. The molecule has 0 saturated carbocycles. The second kappa shape index (κ2) is 9.51. The summed E-state index contributed by atoms with van der Waals surface area (Å²) in [7, 11) is -6.46. The highest BCUT2D eigenvalue weighted by molar-refractivity contribution is 7.92. The third kappa shape index (κ3) is 6.32. The van der Waals surface area contributed by atoms with Crippen LogP contribution in [0, 0.1) is 6.92 Å². The van der Waals surface area contributed by atoms with Crippen molar-refractivity contribution in [3.63, 3.8) is 0 Å². The summed E-state index contributed by atoms with van der Waals surface area (Å²) in [6.07, 6.45) is 4.37. The maximum absolute atomic E-state index is 12.8. The number of anilines is 3. The quantitative estimate of drug-likeness (QED) is 0.494. The van der Waals surface area contributed by atoms with E-state index in [-0.39, 0.29) is 22.2 Å². The largest absolute Gasteiger partial charge is 0.368 e. The Bertz CT molecular complexity index is 1470. The number of rotatable bonds is 6. The number of carbonyl (C=O) groups is 1. The smallest absolute Gasteiger partial charge is 0.257 e. The van der Waals surface area contributed by atoms with Gasteiger partial charge in [0, 0.05) is 35.7 Å². The van der Waals surface area contributed by atoms with E-state index in [2.05, 4.69) is 15.0 Å². The summed E-state index contributed by atoms with van der Waals surface area (Å²) in [4.78, 5) is 19.3. The number of sulfone groups is 1. The number of halogens is 1. The van der Waals surface area contributed by atoms with E-state index in [1.54, 1.807) is 23.0 Å². The summed E-state index contributed by atoms with van der Waals surface area (Å²) in [5.41, 5.74) is 2.58. The Morgan fingerprint density at radius 1 is 1.09 bits per heavy atom. The minimum Gasteiger partial charge on any atom is -0.368 e. The van der Waals surface area contributed by atoms with Crippen molar-refractivity contribution in [1.82, 2.24) is 9.55 Å². The lowest BCUT2D eigenvalue weighted by Gasteiger charge is -2.28. The van der Waals surface area contributed by atoms with Gasteiger partial charge in [-0.3, -0.25) is 9.52 Å². The third-order valence-corrected chi connectivity index (χ3v) is 7.86. The van der Waals surface area contributed by atoms with E-state index in [4.69, 9.17) is 11.6 Å². The highest BCUT2D eigenvalue weighted by atomic mass is 35.5. The van der Waals surface area contributed by atoms with Crippen LogP contribution in [0.3, 0.4) is 0 Å². The molecule has 0 atom stereocenters. The molecule has 1 fully saturated rings. The average Bonchev–Trinajstić information content (AvgIpc) is 3.14. The van der Waals surface area contributed by atoms with Crippen LogP contribution >= 0.6 is 11.6 Å². The van der Waals surface area contributed by atoms with Crippen molar-refractivity contribution >= 4 is 54.4 Å². The van der Waals surface area contributed by atoms with Crippen molar-refractivity contribution in [1.29, 1.82) is 0 Å². The summed E-state index contributed by atoms with van der Waals surface area (Å²) in [5.74, 6) is 0.466. The molecule has 186 valence electrons. The highest BCUT2D eigenvalue weighted by Gasteiger charge is 2.22. The van der Waals surface area contributed by atoms with Gasteiger partial charge in [0.05, 0.1) is 40.9 Å². The average molecular weight is 538 g/mol. The Labute approximate surface area is 208 Å². The van der Waals surface area contributed by atoms with Crippen molar-refractivity contribution < 1.29 is 21.6 Å². The predicted octanol–water partition coefficient (Wildman–Crippen LogP) is 2.69. The summed E-state index contributed by atoms with van der Waals surface area (Å²) < 4.78 is 50.4. The van der Waals surface area contributed by atoms with E-state index in [0.29, 0.717) is 30.2 Å². The predicted molar refractivity (Wildman–Crippen MR) is 137 cm³/mol.